The fraction of sp³-hybridized carbons (Fsp3) is 0.286. The second-order valence-corrected chi connectivity index (χ2v) is 2.77. The molecule has 0 atom stereocenters. The summed E-state index contributed by atoms with van der Waals surface area (Å²) in [5.41, 5.74) is 0. The molecule has 0 aliphatic rings. The van der Waals surface area contributed by atoms with E-state index in [1.807, 2.05) is 17.5 Å². The van der Waals surface area contributed by atoms with Crippen molar-refractivity contribution in [2.75, 3.05) is 11.9 Å². The molecule has 0 saturated heterocycles. The quantitative estimate of drug-likeness (QED) is 0.730. The van der Waals surface area contributed by atoms with E-state index in [0.29, 0.717) is 6.61 Å². The summed E-state index contributed by atoms with van der Waals surface area (Å²) < 4.78 is 4.67. The van der Waals surface area contributed by atoms with Gasteiger partial charge in [0.05, 0.1) is 11.6 Å². The molecule has 1 heterocycles. The van der Waals surface area contributed by atoms with Crippen LogP contribution in [0.5, 0.6) is 0 Å². The van der Waals surface area contributed by atoms with Crippen molar-refractivity contribution in [3.63, 3.8) is 0 Å². The maximum absolute atomic E-state index is 10.8. The zero-order chi connectivity index (χ0) is 8.10. The van der Waals surface area contributed by atoms with Gasteiger partial charge in [0.1, 0.15) is 0 Å². The van der Waals surface area contributed by atoms with Gasteiger partial charge < -0.3 is 4.74 Å². The zero-order valence-electron chi connectivity index (χ0n) is 7.16. The molecule has 1 radical (unpaired) electrons. The minimum Gasteiger partial charge on any atom is -0.450 e. The number of rotatable bonds is 2. The van der Waals surface area contributed by atoms with Gasteiger partial charge in [-0.05, 0) is 24.4 Å². The van der Waals surface area contributed by atoms with E-state index in [1.165, 1.54) is 11.3 Å². The van der Waals surface area contributed by atoms with Crippen molar-refractivity contribution in [1.82, 2.24) is 0 Å². The van der Waals surface area contributed by atoms with Gasteiger partial charge in [-0.1, -0.05) is 0 Å². The Kier molecular flexibility index (Phi) is 6.47. The molecule has 61 valence electrons. The van der Waals surface area contributed by atoms with E-state index in [1.54, 1.807) is 6.92 Å². The first-order valence-electron chi connectivity index (χ1n) is 3.30. The van der Waals surface area contributed by atoms with Crippen molar-refractivity contribution >= 4 is 52.0 Å². The van der Waals surface area contributed by atoms with Crippen LogP contribution in [0.1, 0.15) is 6.92 Å². The molecule has 3 nitrogen and oxygen atoms in total. The van der Waals surface area contributed by atoms with E-state index < -0.39 is 6.09 Å². The first-order chi connectivity index (χ1) is 5.33. The van der Waals surface area contributed by atoms with Gasteiger partial charge in [0.25, 0.3) is 0 Å². The van der Waals surface area contributed by atoms with Gasteiger partial charge in [-0.15, -0.1) is 11.3 Å². The Morgan fingerprint density at radius 1 is 1.75 bits per heavy atom. The minimum absolute atomic E-state index is 0. The molecule has 0 saturated carbocycles. The summed E-state index contributed by atoms with van der Waals surface area (Å²) in [5.74, 6) is 0. The fourth-order valence-corrected chi connectivity index (χ4v) is 1.22. The molecule has 0 aliphatic carbocycles. The molecule has 0 spiro atoms. The molecule has 5 heteroatoms. The van der Waals surface area contributed by atoms with Crippen LogP contribution in [0.25, 0.3) is 0 Å². The van der Waals surface area contributed by atoms with Crippen LogP contribution in [0.4, 0.5) is 9.80 Å². The van der Waals surface area contributed by atoms with Gasteiger partial charge in [-0.2, -0.15) is 0 Å². The smallest absolute Gasteiger partial charge is 0.412 e. The molecular weight excluding hydrogens is 185 g/mol. The van der Waals surface area contributed by atoms with Crippen molar-refractivity contribution in [2.24, 2.45) is 0 Å². The Balaban J connectivity index is 0.00000121. The van der Waals surface area contributed by atoms with Crippen molar-refractivity contribution < 1.29 is 9.53 Å². The van der Waals surface area contributed by atoms with E-state index >= 15 is 0 Å². The molecule has 0 fully saturated rings. The third kappa shape index (κ3) is 4.11. The molecule has 1 aromatic heterocycles. The number of nitrogens with one attached hydrogen (secondary N) is 1. The average molecular weight is 194 g/mol. The number of carbonyl (C=O) groups excluding carboxylic acids is 1. The molecule has 0 bridgehead atoms. The van der Waals surface area contributed by atoms with E-state index in [-0.39, 0.29) is 29.6 Å². The normalized spacial score (nSPS) is 8.42. The topological polar surface area (TPSA) is 38.3 Å². The number of ether oxygens (including phenoxy) is 1. The second kappa shape index (κ2) is 6.48. The Bertz CT molecular complexity index is 225. The first kappa shape index (κ1) is 12.0. The summed E-state index contributed by atoms with van der Waals surface area (Å²) in [6.45, 7) is 2.17. The Morgan fingerprint density at radius 2 is 2.50 bits per heavy atom. The van der Waals surface area contributed by atoms with Gasteiger partial charge in [0.2, 0.25) is 0 Å². The van der Waals surface area contributed by atoms with Gasteiger partial charge in [0, 0.05) is 29.6 Å². The average Bonchev–Trinajstić information content (AvgIpc) is 2.40. The van der Waals surface area contributed by atoms with E-state index in [4.69, 9.17) is 0 Å². The Morgan fingerprint density at radius 3 is 3.00 bits per heavy atom. The largest absolute Gasteiger partial charge is 0.450 e. The predicted octanol–water partition coefficient (Wildman–Crippen LogP) is 1.94. The Labute approximate surface area is 97.4 Å². The SMILES string of the molecule is CCOC(=O)Nc1cccs1.[Na]. The van der Waals surface area contributed by atoms with Gasteiger partial charge >= 0.3 is 6.09 Å². The fourth-order valence-electron chi connectivity index (χ4n) is 0.617. The predicted molar refractivity (Wildman–Crippen MR) is 50.7 cm³/mol. The molecule has 1 N–H and O–H groups in total. The first-order valence-corrected chi connectivity index (χ1v) is 4.18. The number of anilines is 1. The van der Waals surface area contributed by atoms with Crippen LogP contribution < -0.4 is 5.32 Å². The molecule has 1 aromatic rings. The molecule has 12 heavy (non-hydrogen) atoms. The zero-order valence-corrected chi connectivity index (χ0v) is 9.98. The van der Waals surface area contributed by atoms with Crippen LogP contribution in [0.2, 0.25) is 0 Å². The number of hydrogen-bond donors (Lipinski definition) is 1. The Hall–Kier alpha value is -0.0300. The number of thiophene rings is 1. The number of amides is 1. The van der Waals surface area contributed by atoms with E-state index in [2.05, 4.69) is 10.1 Å². The van der Waals surface area contributed by atoms with Crippen LogP contribution in [-0.4, -0.2) is 42.3 Å². The summed E-state index contributed by atoms with van der Waals surface area (Å²) in [5, 5.41) is 5.28. The monoisotopic (exact) mass is 194 g/mol. The maximum Gasteiger partial charge on any atom is 0.412 e. The summed E-state index contributed by atoms with van der Waals surface area (Å²) in [6.07, 6.45) is -0.394. The van der Waals surface area contributed by atoms with Crippen LogP contribution in [0.15, 0.2) is 17.5 Å². The minimum atomic E-state index is -0.394. The standard InChI is InChI=1S/C7H9NO2S.Na/c1-2-10-7(9)8-6-4-3-5-11-6;/h3-5H,2H2,1H3,(H,8,9);. The van der Waals surface area contributed by atoms with E-state index in [0.717, 1.165) is 5.00 Å². The van der Waals surface area contributed by atoms with Crippen LogP contribution in [0.3, 0.4) is 0 Å². The molecule has 0 aliphatic heterocycles. The summed E-state index contributed by atoms with van der Waals surface area (Å²) in [4.78, 5) is 10.8. The van der Waals surface area contributed by atoms with Crippen LogP contribution >= 0.6 is 11.3 Å². The van der Waals surface area contributed by atoms with E-state index in [9.17, 15) is 4.79 Å². The molecule has 0 unspecified atom stereocenters. The summed E-state index contributed by atoms with van der Waals surface area (Å²) in [6, 6.07) is 3.69. The second-order valence-electron chi connectivity index (χ2n) is 1.82. The van der Waals surface area contributed by atoms with Crippen molar-refractivity contribution in [2.45, 2.75) is 6.92 Å². The third-order valence-corrected chi connectivity index (χ3v) is 1.81. The van der Waals surface area contributed by atoms with Crippen molar-refractivity contribution in [1.29, 1.82) is 0 Å². The van der Waals surface area contributed by atoms with Crippen molar-refractivity contribution in [3.8, 4) is 0 Å². The summed E-state index contributed by atoms with van der Waals surface area (Å²) >= 11 is 1.47. The number of carbonyl (C=O) groups is 1. The van der Waals surface area contributed by atoms with Gasteiger partial charge in [0.15, 0.2) is 0 Å². The van der Waals surface area contributed by atoms with Gasteiger partial charge in [-0.3, -0.25) is 5.32 Å². The maximum atomic E-state index is 10.8. The third-order valence-electron chi connectivity index (χ3n) is 1.02. The van der Waals surface area contributed by atoms with Crippen LogP contribution in [-0.2, 0) is 4.74 Å². The summed E-state index contributed by atoms with van der Waals surface area (Å²) in [7, 11) is 0. The van der Waals surface area contributed by atoms with Crippen molar-refractivity contribution in [3.05, 3.63) is 17.5 Å². The number of hydrogen-bond acceptors (Lipinski definition) is 3. The van der Waals surface area contributed by atoms with Crippen LogP contribution in [0, 0.1) is 0 Å². The molecule has 1 rings (SSSR count). The molecular formula is C7H9NNaO2S. The van der Waals surface area contributed by atoms with Gasteiger partial charge in [-0.25, -0.2) is 4.79 Å². The molecule has 0 aromatic carbocycles. The molecule has 1 amide bonds.